The van der Waals surface area contributed by atoms with Gasteiger partial charge in [-0.1, -0.05) is 11.6 Å². The van der Waals surface area contributed by atoms with E-state index >= 15 is 0 Å². The predicted octanol–water partition coefficient (Wildman–Crippen LogP) is 4.06. The third-order valence-corrected chi connectivity index (χ3v) is 7.19. The van der Waals surface area contributed by atoms with Crippen molar-refractivity contribution in [3.05, 3.63) is 64.2 Å². The molecule has 0 spiro atoms. The SMILES string of the molecule is CCN(c1ccc(-n2ncc(NC[C@@H]3COC[C@H]4CC[C@H]43)c(Cl)c2=O)cc1)c1cnc(F)cn1. The molecule has 0 bridgehead atoms. The Hall–Kier alpha value is -3.04. The lowest BCUT2D eigenvalue weighted by Gasteiger charge is -2.45. The molecule has 8 nitrogen and oxygen atoms in total. The summed E-state index contributed by atoms with van der Waals surface area (Å²) in [6, 6.07) is 7.25. The maximum absolute atomic E-state index is 13.1. The molecule has 1 aromatic carbocycles. The van der Waals surface area contributed by atoms with Gasteiger partial charge in [-0.2, -0.15) is 14.2 Å². The molecule has 2 aromatic heterocycles. The van der Waals surface area contributed by atoms with E-state index in [-0.39, 0.29) is 5.02 Å². The highest BCUT2D eigenvalue weighted by Gasteiger charge is 2.40. The summed E-state index contributed by atoms with van der Waals surface area (Å²) in [6.07, 6.45) is 6.54. The Morgan fingerprint density at radius 1 is 1.18 bits per heavy atom. The molecule has 5 rings (SSSR count). The highest BCUT2D eigenvalue weighted by Crippen LogP contribution is 2.43. The van der Waals surface area contributed by atoms with E-state index in [4.69, 9.17) is 16.3 Å². The van der Waals surface area contributed by atoms with Crippen molar-refractivity contribution >= 4 is 28.8 Å². The van der Waals surface area contributed by atoms with Crippen molar-refractivity contribution in [3.8, 4) is 5.69 Å². The normalized spacial score (nSPS) is 21.4. The molecule has 1 aliphatic heterocycles. The first-order valence-electron chi connectivity index (χ1n) is 11.5. The monoisotopic (exact) mass is 484 g/mol. The molecule has 0 unspecified atom stereocenters. The lowest BCUT2D eigenvalue weighted by Crippen LogP contribution is -2.45. The standard InChI is InChI=1S/C24H26ClFN6O2/c1-2-31(22-12-28-21(26)11-29-22)17-4-6-18(7-5-17)32-24(33)23(25)20(10-30-32)27-9-16-14-34-13-15-3-8-19(15)16/h4-7,10-12,15-16,19,27H,2-3,8-9,13-14H2,1H3/t15-,16-,19-/m1/s1. The molecule has 1 N–H and O–H groups in total. The average Bonchev–Trinajstić information content (AvgIpc) is 2.83. The molecule has 0 amide bonds. The van der Waals surface area contributed by atoms with Crippen molar-refractivity contribution < 1.29 is 9.13 Å². The molecule has 178 valence electrons. The largest absolute Gasteiger partial charge is 0.382 e. The van der Waals surface area contributed by atoms with E-state index < -0.39 is 11.5 Å². The summed E-state index contributed by atoms with van der Waals surface area (Å²) in [7, 11) is 0. The van der Waals surface area contributed by atoms with Gasteiger partial charge >= 0.3 is 0 Å². The molecule has 1 saturated heterocycles. The van der Waals surface area contributed by atoms with Gasteiger partial charge in [0.05, 0.1) is 36.6 Å². The van der Waals surface area contributed by atoms with Crippen molar-refractivity contribution in [1.29, 1.82) is 0 Å². The van der Waals surface area contributed by atoms with Gasteiger partial charge < -0.3 is 15.0 Å². The van der Waals surface area contributed by atoms with E-state index in [1.54, 1.807) is 18.3 Å². The van der Waals surface area contributed by atoms with E-state index in [0.717, 1.165) is 25.1 Å². The fraction of sp³-hybridized carbons (Fsp3) is 0.417. The Kier molecular flexibility index (Phi) is 6.47. The quantitative estimate of drug-likeness (QED) is 0.541. The summed E-state index contributed by atoms with van der Waals surface area (Å²) in [4.78, 5) is 22.6. The lowest BCUT2D eigenvalue weighted by atomic mass is 9.66. The molecule has 2 fully saturated rings. The number of anilines is 3. The maximum atomic E-state index is 13.1. The molecule has 2 aliphatic rings. The van der Waals surface area contributed by atoms with Crippen molar-refractivity contribution in [2.75, 3.05) is 36.5 Å². The second kappa shape index (κ2) is 9.68. The highest BCUT2D eigenvalue weighted by atomic mass is 35.5. The molecule has 1 aliphatic carbocycles. The van der Waals surface area contributed by atoms with E-state index in [1.165, 1.54) is 23.7 Å². The van der Waals surface area contributed by atoms with Crippen LogP contribution in [-0.4, -0.2) is 46.1 Å². The van der Waals surface area contributed by atoms with Gasteiger partial charge in [0.1, 0.15) is 5.02 Å². The van der Waals surface area contributed by atoms with Gasteiger partial charge in [-0.3, -0.25) is 4.79 Å². The van der Waals surface area contributed by atoms with Crippen molar-refractivity contribution in [2.24, 2.45) is 17.8 Å². The van der Waals surface area contributed by atoms with E-state index in [2.05, 4.69) is 20.4 Å². The van der Waals surface area contributed by atoms with Gasteiger partial charge in [0, 0.05) is 31.3 Å². The number of rotatable bonds is 7. The number of fused-ring (bicyclic) bond motifs is 1. The topological polar surface area (TPSA) is 85.2 Å². The zero-order chi connectivity index (χ0) is 23.7. The summed E-state index contributed by atoms with van der Waals surface area (Å²) < 4.78 is 20.1. The Morgan fingerprint density at radius 2 is 2.00 bits per heavy atom. The smallest absolute Gasteiger partial charge is 0.292 e. The minimum atomic E-state index is -0.630. The fourth-order valence-electron chi connectivity index (χ4n) is 4.80. The third-order valence-electron chi connectivity index (χ3n) is 6.82. The number of halogens is 2. The number of ether oxygens (including phenoxy) is 1. The third kappa shape index (κ3) is 4.37. The zero-order valence-electron chi connectivity index (χ0n) is 18.8. The number of aromatic nitrogens is 4. The van der Waals surface area contributed by atoms with Gasteiger partial charge in [-0.05, 0) is 55.9 Å². The Labute approximate surface area is 201 Å². The van der Waals surface area contributed by atoms with Crippen LogP contribution in [0.5, 0.6) is 0 Å². The Bertz CT molecular complexity index is 1200. The summed E-state index contributed by atoms with van der Waals surface area (Å²) >= 11 is 6.42. The number of nitrogens with one attached hydrogen (secondary N) is 1. The second-order valence-corrected chi connectivity index (χ2v) is 9.10. The van der Waals surface area contributed by atoms with Crippen LogP contribution in [0.1, 0.15) is 19.8 Å². The van der Waals surface area contributed by atoms with Crippen molar-refractivity contribution in [3.63, 3.8) is 0 Å². The van der Waals surface area contributed by atoms with E-state index in [1.807, 2.05) is 24.0 Å². The highest BCUT2D eigenvalue weighted by molar-refractivity contribution is 6.32. The fourth-order valence-corrected chi connectivity index (χ4v) is 5.00. The van der Waals surface area contributed by atoms with Crippen LogP contribution in [0.25, 0.3) is 5.69 Å². The molecule has 1 saturated carbocycles. The summed E-state index contributed by atoms with van der Waals surface area (Å²) in [6.45, 7) is 4.88. The average molecular weight is 485 g/mol. The minimum Gasteiger partial charge on any atom is -0.382 e. The zero-order valence-corrected chi connectivity index (χ0v) is 19.6. The van der Waals surface area contributed by atoms with Gasteiger partial charge in [-0.25, -0.2) is 9.97 Å². The molecule has 0 radical (unpaired) electrons. The van der Waals surface area contributed by atoms with Crippen LogP contribution >= 0.6 is 11.6 Å². The lowest BCUT2D eigenvalue weighted by molar-refractivity contribution is -0.0719. The molecule has 34 heavy (non-hydrogen) atoms. The van der Waals surface area contributed by atoms with Crippen LogP contribution in [0, 0.1) is 23.7 Å². The van der Waals surface area contributed by atoms with Crippen LogP contribution in [0.2, 0.25) is 5.02 Å². The maximum Gasteiger partial charge on any atom is 0.292 e. The first-order valence-corrected chi connectivity index (χ1v) is 11.9. The number of hydrogen-bond acceptors (Lipinski definition) is 7. The van der Waals surface area contributed by atoms with Crippen LogP contribution in [0.4, 0.5) is 21.6 Å². The molecule has 3 heterocycles. The van der Waals surface area contributed by atoms with Crippen LogP contribution in [0.3, 0.4) is 0 Å². The molecular formula is C24H26ClFN6O2. The molecule has 3 aromatic rings. The summed E-state index contributed by atoms with van der Waals surface area (Å²) in [5.41, 5.74) is 1.56. The summed E-state index contributed by atoms with van der Waals surface area (Å²) in [5, 5.41) is 7.75. The first kappa shape index (κ1) is 22.7. The van der Waals surface area contributed by atoms with Crippen LogP contribution in [0.15, 0.2) is 47.7 Å². The van der Waals surface area contributed by atoms with Gasteiger partial charge in [-0.15, -0.1) is 0 Å². The summed E-state index contributed by atoms with van der Waals surface area (Å²) in [5.74, 6) is 1.68. The molecule has 3 atom stereocenters. The minimum absolute atomic E-state index is 0.109. The number of benzene rings is 1. The molecular weight excluding hydrogens is 459 g/mol. The van der Waals surface area contributed by atoms with Crippen molar-refractivity contribution in [2.45, 2.75) is 19.8 Å². The van der Waals surface area contributed by atoms with Crippen LogP contribution < -0.4 is 15.8 Å². The Morgan fingerprint density at radius 3 is 2.68 bits per heavy atom. The number of nitrogens with zero attached hydrogens (tertiary/aromatic N) is 5. The Balaban J connectivity index is 1.31. The van der Waals surface area contributed by atoms with Crippen molar-refractivity contribution in [1.82, 2.24) is 19.7 Å². The second-order valence-electron chi connectivity index (χ2n) is 8.73. The first-order chi connectivity index (χ1) is 16.5. The van der Waals surface area contributed by atoms with Crippen LogP contribution in [-0.2, 0) is 4.74 Å². The van der Waals surface area contributed by atoms with E-state index in [9.17, 15) is 9.18 Å². The van der Waals surface area contributed by atoms with E-state index in [0.29, 0.717) is 48.0 Å². The predicted molar refractivity (Wildman–Crippen MR) is 129 cm³/mol. The number of hydrogen-bond donors (Lipinski definition) is 1. The van der Waals surface area contributed by atoms with Gasteiger partial charge in [0.2, 0.25) is 5.95 Å². The van der Waals surface area contributed by atoms with Gasteiger partial charge in [0.15, 0.2) is 5.82 Å². The molecule has 10 heteroatoms. The van der Waals surface area contributed by atoms with Gasteiger partial charge in [0.25, 0.3) is 5.56 Å².